The Morgan fingerprint density at radius 3 is 2.44 bits per heavy atom. The molecule has 0 atom stereocenters. The van der Waals surface area contributed by atoms with Crippen LogP contribution in [0.4, 0.5) is 0 Å². The molecule has 1 aliphatic heterocycles. The van der Waals surface area contributed by atoms with Gasteiger partial charge in [-0.05, 0) is 12.8 Å². The van der Waals surface area contributed by atoms with Gasteiger partial charge in [0.05, 0.1) is 12.1 Å². The lowest BCUT2D eigenvalue weighted by Crippen LogP contribution is -2.55. The molecule has 0 spiro atoms. The number of aliphatic hydroxyl groups excluding tert-OH is 1. The first-order valence-corrected chi connectivity index (χ1v) is 7.10. The van der Waals surface area contributed by atoms with Gasteiger partial charge in [0.25, 0.3) is 0 Å². The molecule has 6 nitrogen and oxygen atoms in total. The number of carbonyl (C=O) groups is 1. The van der Waals surface area contributed by atoms with Gasteiger partial charge in [-0.15, -0.1) is 0 Å². The largest absolute Gasteiger partial charge is 0.394 e. The van der Waals surface area contributed by atoms with E-state index in [4.69, 9.17) is 4.74 Å². The zero-order valence-corrected chi connectivity index (χ0v) is 10.0. The van der Waals surface area contributed by atoms with Crippen LogP contribution >= 0.6 is 0 Å². The minimum absolute atomic E-state index is 0.203. The van der Waals surface area contributed by atoms with E-state index in [9.17, 15) is 18.3 Å². The van der Waals surface area contributed by atoms with Crippen molar-refractivity contribution in [3.8, 4) is 0 Å². The van der Waals surface area contributed by atoms with Crippen molar-refractivity contribution in [1.29, 1.82) is 0 Å². The van der Waals surface area contributed by atoms with E-state index < -0.39 is 27.0 Å². The zero-order valence-electron chi connectivity index (χ0n) is 9.23. The van der Waals surface area contributed by atoms with Crippen LogP contribution in [-0.4, -0.2) is 56.8 Å². The summed E-state index contributed by atoms with van der Waals surface area (Å²) in [6, 6.07) is 0. The smallest absolute Gasteiger partial charge is 0.235 e. The lowest BCUT2D eigenvalue weighted by Gasteiger charge is -2.36. The lowest BCUT2D eigenvalue weighted by atomic mass is 9.91. The molecule has 16 heavy (non-hydrogen) atoms. The van der Waals surface area contributed by atoms with Crippen LogP contribution in [-0.2, 0) is 19.4 Å². The number of amides is 1. The van der Waals surface area contributed by atoms with Gasteiger partial charge in [0.1, 0.15) is 5.75 Å². The van der Waals surface area contributed by atoms with Crippen LogP contribution in [0.25, 0.3) is 0 Å². The third kappa shape index (κ3) is 4.07. The zero-order chi connectivity index (χ0) is 12.2. The normalized spacial score (nSPS) is 20.4. The maximum atomic E-state index is 11.4. The van der Waals surface area contributed by atoms with Gasteiger partial charge < -0.3 is 15.2 Å². The van der Waals surface area contributed by atoms with E-state index in [2.05, 4.69) is 5.32 Å². The highest BCUT2D eigenvalue weighted by Crippen LogP contribution is 2.19. The van der Waals surface area contributed by atoms with Gasteiger partial charge >= 0.3 is 0 Å². The predicted octanol–water partition coefficient (Wildman–Crippen LogP) is -1.31. The van der Waals surface area contributed by atoms with Crippen LogP contribution in [0.5, 0.6) is 0 Å². The maximum Gasteiger partial charge on any atom is 0.235 e. The van der Waals surface area contributed by atoms with Crippen molar-refractivity contribution in [2.75, 3.05) is 31.8 Å². The van der Waals surface area contributed by atoms with Gasteiger partial charge in [-0.2, -0.15) is 0 Å². The van der Waals surface area contributed by atoms with E-state index in [1.807, 2.05) is 0 Å². The first-order chi connectivity index (χ1) is 7.37. The Bertz CT molecular complexity index is 345. The highest BCUT2D eigenvalue weighted by Gasteiger charge is 2.33. The van der Waals surface area contributed by atoms with E-state index in [0.717, 1.165) is 6.26 Å². The van der Waals surface area contributed by atoms with E-state index in [-0.39, 0.29) is 6.61 Å². The molecular weight excluding hydrogens is 234 g/mol. The second-order valence-corrected chi connectivity index (χ2v) is 6.31. The molecule has 1 fully saturated rings. The average molecular weight is 251 g/mol. The van der Waals surface area contributed by atoms with Crippen molar-refractivity contribution >= 4 is 15.7 Å². The summed E-state index contributed by atoms with van der Waals surface area (Å²) in [6.45, 7) is 0.714. The fourth-order valence-electron chi connectivity index (χ4n) is 1.65. The standard InChI is InChI=1S/C9H17NO5S/c1-16(13,14)6-8(12)10-9(7-11)2-4-15-5-3-9/h11H,2-7H2,1H3,(H,10,12). The molecule has 0 aromatic rings. The van der Waals surface area contributed by atoms with Gasteiger partial charge in [-0.3, -0.25) is 4.79 Å². The minimum Gasteiger partial charge on any atom is -0.394 e. The SMILES string of the molecule is CS(=O)(=O)CC(=O)NC1(CO)CCOCC1. The van der Waals surface area contributed by atoms with Gasteiger partial charge in [0, 0.05) is 19.5 Å². The van der Waals surface area contributed by atoms with Crippen LogP contribution in [0.1, 0.15) is 12.8 Å². The first kappa shape index (κ1) is 13.4. The first-order valence-electron chi connectivity index (χ1n) is 5.04. The van der Waals surface area contributed by atoms with Crippen molar-refractivity contribution in [2.24, 2.45) is 0 Å². The predicted molar refractivity (Wildman–Crippen MR) is 57.7 cm³/mol. The molecule has 0 aliphatic carbocycles. The molecule has 0 saturated carbocycles. The third-order valence-electron chi connectivity index (χ3n) is 2.55. The number of hydrogen-bond acceptors (Lipinski definition) is 5. The Labute approximate surface area is 94.9 Å². The Morgan fingerprint density at radius 2 is 2.00 bits per heavy atom. The Kier molecular flexibility index (Phi) is 4.28. The number of ether oxygens (including phenoxy) is 1. The summed E-state index contributed by atoms with van der Waals surface area (Å²) in [4.78, 5) is 11.4. The van der Waals surface area contributed by atoms with Crippen LogP contribution < -0.4 is 5.32 Å². The molecule has 0 radical (unpaired) electrons. The molecule has 7 heteroatoms. The summed E-state index contributed by atoms with van der Waals surface area (Å²) in [6.07, 6.45) is 2.00. The molecule has 1 aliphatic rings. The van der Waals surface area contributed by atoms with Crippen molar-refractivity contribution in [1.82, 2.24) is 5.32 Å². The van der Waals surface area contributed by atoms with Gasteiger partial charge in [0.15, 0.2) is 9.84 Å². The van der Waals surface area contributed by atoms with Crippen molar-refractivity contribution in [2.45, 2.75) is 18.4 Å². The number of carbonyl (C=O) groups excluding carboxylic acids is 1. The Balaban J connectivity index is 2.59. The molecule has 0 aromatic carbocycles. The van der Waals surface area contributed by atoms with Crippen LogP contribution in [0.15, 0.2) is 0 Å². The minimum atomic E-state index is -3.33. The summed E-state index contributed by atoms with van der Waals surface area (Å²) in [5.74, 6) is -1.12. The molecule has 1 amide bonds. The highest BCUT2D eigenvalue weighted by molar-refractivity contribution is 7.91. The van der Waals surface area contributed by atoms with Crippen molar-refractivity contribution < 1.29 is 23.1 Å². The average Bonchev–Trinajstić information content (AvgIpc) is 2.16. The molecule has 1 saturated heterocycles. The second-order valence-electron chi connectivity index (χ2n) is 4.17. The number of nitrogens with one attached hydrogen (secondary N) is 1. The number of rotatable bonds is 4. The molecule has 1 heterocycles. The van der Waals surface area contributed by atoms with Crippen molar-refractivity contribution in [3.63, 3.8) is 0 Å². The van der Waals surface area contributed by atoms with E-state index >= 15 is 0 Å². The lowest BCUT2D eigenvalue weighted by molar-refractivity contribution is -0.122. The highest BCUT2D eigenvalue weighted by atomic mass is 32.2. The van der Waals surface area contributed by atoms with Gasteiger partial charge in [-0.1, -0.05) is 0 Å². The van der Waals surface area contributed by atoms with E-state index in [1.54, 1.807) is 0 Å². The van der Waals surface area contributed by atoms with Crippen LogP contribution in [0.3, 0.4) is 0 Å². The fraction of sp³-hybridized carbons (Fsp3) is 0.889. The third-order valence-corrected chi connectivity index (χ3v) is 3.34. The topological polar surface area (TPSA) is 92.7 Å². The maximum absolute atomic E-state index is 11.4. The van der Waals surface area contributed by atoms with E-state index in [1.165, 1.54) is 0 Å². The van der Waals surface area contributed by atoms with Gasteiger partial charge in [-0.25, -0.2) is 8.42 Å². The van der Waals surface area contributed by atoms with Crippen LogP contribution in [0, 0.1) is 0 Å². The van der Waals surface area contributed by atoms with Gasteiger partial charge in [0.2, 0.25) is 5.91 Å². The molecule has 2 N–H and O–H groups in total. The molecule has 1 rings (SSSR count). The quantitative estimate of drug-likeness (QED) is 0.647. The molecule has 0 unspecified atom stereocenters. The fourth-order valence-corrected chi connectivity index (χ4v) is 2.20. The molecule has 0 aromatic heterocycles. The monoisotopic (exact) mass is 251 g/mol. The summed E-state index contributed by atoms with van der Waals surface area (Å²) in [5, 5.41) is 11.9. The van der Waals surface area contributed by atoms with Crippen LogP contribution in [0.2, 0.25) is 0 Å². The second kappa shape index (κ2) is 5.11. The molecule has 94 valence electrons. The number of hydrogen-bond donors (Lipinski definition) is 2. The van der Waals surface area contributed by atoms with Crippen molar-refractivity contribution in [3.05, 3.63) is 0 Å². The summed E-state index contributed by atoms with van der Waals surface area (Å²) in [5.41, 5.74) is -0.722. The number of aliphatic hydroxyl groups is 1. The summed E-state index contributed by atoms with van der Waals surface area (Å²) < 4.78 is 27.0. The number of sulfone groups is 1. The summed E-state index contributed by atoms with van der Waals surface area (Å²) in [7, 11) is -3.33. The Hall–Kier alpha value is -0.660. The van der Waals surface area contributed by atoms with E-state index in [0.29, 0.717) is 26.1 Å². The Morgan fingerprint density at radius 1 is 1.44 bits per heavy atom. The summed E-state index contributed by atoms with van der Waals surface area (Å²) >= 11 is 0. The molecule has 0 bridgehead atoms. The molecular formula is C9H17NO5S.